The maximum Gasteiger partial charge on any atom is 0.387 e. The van der Waals surface area contributed by atoms with Crippen LogP contribution >= 0.6 is 11.6 Å². The average Bonchev–Trinajstić information content (AvgIpc) is 3.06. The second-order valence-electron chi connectivity index (χ2n) is 7.21. The van der Waals surface area contributed by atoms with E-state index in [0.29, 0.717) is 23.0 Å². The number of alkyl halides is 2. The average molecular weight is 490 g/mol. The Hall–Kier alpha value is -3.72. The van der Waals surface area contributed by atoms with Crippen molar-refractivity contribution in [3.8, 4) is 5.75 Å². The molecule has 1 atom stereocenters. The van der Waals surface area contributed by atoms with Gasteiger partial charge >= 0.3 is 12.6 Å². The molecule has 1 N–H and O–H groups in total. The van der Waals surface area contributed by atoms with Crippen molar-refractivity contribution in [1.29, 1.82) is 0 Å². The summed E-state index contributed by atoms with van der Waals surface area (Å²) >= 11 is 6.43. The lowest BCUT2D eigenvalue weighted by atomic mass is 10.2. The first-order valence-electron chi connectivity index (χ1n) is 10.2. The highest BCUT2D eigenvalue weighted by Crippen LogP contribution is 2.26. The minimum absolute atomic E-state index is 0.0273. The molecule has 2 aromatic carbocycles. The van der Waals surface area contributed by atoms with Gasteiger partial charge < -0.3 is 14.8 Å². The third-order valence-electron chi connectivity index (χ3n) is 4.69. The molecule has 0 saturated carbocycles. The number of halogens is 3. The number of nitrogens with one attached hydrogen (secondary N) is 1. The van der Waals surface area contributed by atoms with Gasteiger partial charge in [-0.25, -0.2) is 9.48 Å². The van der Waals surface area contributed by atoms with Crippen LogP contribution in [0.25, 0.3) is 6.08 Å². The molecule has 0 aliphatic carbocycles. The molecule has 0 aliphatic rings. The predicted octanol–water partition coefficient (Wildman–Crippen LogP) is 5.08. The Morgan fingerprint density at radius 3 is 2.53 bits per heavy atom. The normalized spacial score (nSPS) is 12.1. The molecule has 3 aromatic rings. The molecule has 178 valence electrons. The van der Waals surface area contributed by atoms with Crippen LogP contribution in [0.15, 0.2) is 60.7 Å². The molecule has 10 heteroatoms. The van der Waals surface area contributed by atoms with Crippen LogP contribution in [-0.2, 0) is 20.9 Å². The van der Waals surface area contributed by atoms with Gasteiger partial charge in [-0.05, 0) is 37.6 Å². The number of hydrogen-bond donors (Lipinski definition) is 1. The van der Waals surface area contributed by atoms with Gasteiger partial charge in [-0.1, -0.05) is 54.1 Å². The molecule has 0 bridgehead atoms. The van der Waals surface area contributed by atoms with E-state index in [0.717, 1.165) is 11.6 Å². The lowest BCUT2D eigenvalue weighted by molar-refractivity contribution is -0.148. The van der Waals surface area contributed by atoms with Gasteiger partial charge in [0.1, 0.15) is 10.9 Å². The topological polar surface area (TPSA) is 82.5 Å². The summed E-state index contributed by atoms with van der Waals surface area (Å²) in [7, 11) is 0. The summed E-state index contributed by atoms with van der Waals surface area (Å²) in [6.45, 7) is 0.527. The first-order valence-corrected chi connectivity index (χ1v) is 10.6. The Morgan fingerprint density at radius 1 is 1.15 bits per heavy atom. The van der Waals surface area contributed by atoms with Crippen LogP contribution in [0.3, 0.4) is 0 Å². The number of aryl methyl sites for hydroxylation is 1. The van der Waals surface area contributed by atoms with E-state index in [-0.39, 0.29) is 11.4 Å². The number of anilines is 1. The fourth-order valence-corrected chi connectivity index (χ4v) is 3.34. The second-order valence-corrected chi connectivity index (χ2v) is 7.57. The molecule has 1 unspecified atom stereocenters. The number of carbonyl (C=O) groups is 2. The molecule has 7 nitrogen and oxygen atoms in total. The number of amides is 1. The third-order valence-corrected chi connectivity index (χ3v) is 5.09. The highest BCUT2D eigenvalue weighted by molar-refractivity contribution is 6.31. The Morgan fingerprint density at radius 2 is 1.82 bits per heavy atom. The standard InChI is InChI=1S/C24H22ClF2N3O4/c1-15-18(22(25)30(29-15)14-17-8-4-3-5-9-17)12-13-21(31)33-16(2)23(32)28-19-10-6-7-11-20(19)34-24(26)27/h3-13,16,24H,14H2,1-2H3,(H,28,32)/b13-12+. The molecular weight excluding hydrogens is 468 g/mol. The molecule has 3 rings (SSSR count). The van der Waals surface area contributed by atoms with Crippen molar-refractivity contribution in [3.05, 3.63) is 82.6 Å². The molecule has 0 radical (unpaired) electrons. The molecule has 1 aromatic heterocycles. The number of esters is 1. The fraction of sp³-hybridized carbons (Fsp3) is 0.208. The van der Waals surface area contributed by atoms with Crippen LogP contribution in [0.2, 0.25) is 5.15 Å². The Labute approximate surface area is 199 Å². The minimum atomic E-state index is -3.05. The van der Waals surface area contributed by atoms with E-state index in [1.54, 1.807) is 11.6 Å². The van der Waals surface area contributed by atoms with Crippen molar-refractivity contribution in [2.45, 2.75) is 33.1 Å². The van der Waals surface area contributed by atoms with Gasteiger partial charge in [-0.15, -0.1) is 0 Å². The van der Waals surface area contributed by atoms with Crippen molar-refractivity contribution < 1.29 is 27.8 Å². The second kappa shape index (κ2) is 11.4. The van der Waals surface area contributed by atoms with Crippen LogP contribution in [0, 0.1) is 6.92 Å². The minimum Gasteiger partial charge on any atom is -0.449 e. The van der Waals surface area contributed by atoms with E-state index in [2.05, 4.69) is 15.2 Å². The fourth-order valence-electron chi connectivity index (χ4n) is 3.04. The molecule has 1 heterocycles. The van der Waals surface area contributed by atoms with Gasteiger partial charge in [0, 0.05) is 11.6 Å². The van der Waals surface area contributed by atoms with Crippen LogP contribution < -0.4 is 10.1 Å². The smallest absolute Gasteiger partial charge is 0.387 e. The summed E-state index contributed by atoms with van der Waals surface area (Å²) in [6, 6.07) is 15.3. The number of aromatic nitrogens is 2. The van der Waals surface area contributed by atoms with Crippen LogP contribution in [0.1, 0.15) is 23.7 Å². The van der Waals surface area contributed by atoms with E-state index in [9.17, 15) is 18.4 Å². The molecule has 0 aliphatic heterocycles. The lowest BCUT2D eigenvalue weighted by Crippen LogP contribution is -2.29. The largest absolute Gasteiger partial charge is 0.449 e. The zero-order valence-electron chi connectivity index (χ0n) is 18.4. The SMILES string of the molecule is Cc1nn(Cc2ccccc2)c(Cl)c1/C=C/C(=O)OC(C)C(=O)Nc1ccccc1OC(F)F. The Balaban J connectivity index is 1.61. The number of ether oxygens (including phenoxy) is 2. The third kappa shape index (κ3) is 6.64. The number of hydrogen-bond acceptors (Lipinski definition) is 5. The van der Waals surface area contributed by atoms with Gasteiger partial charge in [0.25, 0.3) is 5.91 Å². The summed E-state index contributed by atoms with van der Waals surface area (Å²) in [5.41, 5.74) is 2.21. The van der Waals surface area contributed by atoms with Gasteiger partial charge in [0.05, 0.1) is 17.9 Å². The number of benzene rings is 2. The first kappa shape index (κ1) is 24.9. The zero-order chi connectivity index (χ0) is 24.7. The van der Waals surface area contributed by atoms with Crippen molar-refractivity contribution in [2.24, 2.45) is 0 Å². The van der Waals surface area contributed by atoms with Gasteiger partial charge in [-0.2, -0.15) is 13.9 Å². The van der Waals surface area contributed by atoms with Crippen molar-refractivity contribution in [1.82, 2.24) is 9.78 Å². The quantitative estimate of drug-likeness (QED) is 0.335. The van der Waals surface area contributed by atoms with Crippen LogP contribution in [0.5, 0.6) is 5.75 Å². The summed E-state index contributed by atoms with van der Waals surface area (Å²) < 4.78 is 36.2. The molecule has 34 heavy (non-hydrogen) atoms. The van der Waals surface area contributed by atoms with E-state index in [4.69, 9.17) is 16.3 Å². The molecule has 0 saturated heterocycles. The molecule has 0 fully saturated rings. The molecular formula is C24H22ClF2N3O4. The summed E-state index contributed by atoms with van der Waals surface area (Å²) in [4.78, 5) is 24.6. The van der Waals surface area contributed by atoms with E-state index in [1.165, 1.54) is 37.3 Å². The van der Waals surface area contributed by atoms with Gasteiger partial charge in [-0.3, -0.25) is 4.79 Å². The van der Waals surface area contributed by atoms with E-state index < -0.39 is 24.6 Å². The van der Waals surface area contributed by atoms with Crippen LogP contribution in [-0.4, -0.2) is 34.4 Å². The highest BCUT2D eigenvalue weighted by Gasteiger charge is 2.19. The van der Waals surface area contributed by atoms with Crippen molar-refractivity contribution in [3.63, 3.8) is 0 Å². The Bertz CT molecular complexity index is 1180. The van der Waals surface area contributed by atoms with Gasteiger partial charge in [0.15, 0.2) is 6.10 Å². The predicted molar refractivity (Wildman–Crippen MR) is 124 cm³/mol. The van der Waals surface area contributed by atoms with Crippen LogP contribution in [0.4, 0.5) is 14.5 Å². The highest BCUT2D eigenvalue weighted by atomic mass is 35.5. The summed E-state index contributed by atoms with van der Waals surface area (Å²) in [6.07, 6.45) is 1.40. The maximum atomic E-state index is 12.5. The Kier molecular flexibility index (Phi) is 8.37. The van der Waals surface area contributed by atoms with Crippen molar-refractivity contribution in [2.75, 3.05) is 5.32 Å². The number of carbonyl (C=O) groups excluding carboxylic acids is 2. The van der Waals surface area contributed by atoms with Crippen molar-refractivity contribution >= 4 is 35.2 Å². The maximum absolute atomic E-state index is 12.5. The molecule has 1 amide bonds. The van der Waals surface area contributed by atoms with E-state index in [1.807, 2.05) is 30.3 Å². The number of rotatable bonds is 9. The van der Waals surface area contributed by atoms with E-state index >= 15 is 0 Å². The summed E-state index contributed by atoms with van der Waals surface area (Å²) in [5.74, 6) is -1.70. The summed E-state index contributed by atoms with van der Waals surface area (Å²) in [5, 5.41) is 7.16. The lowest BCUT2D eigenvalue weighted by Gasteiger charge is -2.15. The zero-order valence-corrected chi connectivity index (χ0v) is 19.1. The molecule has 0 spiro atoms. The monoisotopic (exact) mass is 489 g/mol. The van der Waals surface area contributed by atoms with Gasteiger partial charge in [0.2, 0.25) is 0 Å². The first-order chi connectivity index (χ1) is 16.2. The number of nitrogens with zero attached hydrogens (tertiary/aromatic N) is 2. The number of para-hydroxylation sites is 2.